The number of thioether (sulfide) groups is 1. The normalized spacial score (nSPS) is 11.6. The summed E-state index contributed by atoms with van der Waals surface area (Å²) in [5.74, 6) is 0.127. The Labute approximate surface area is 95.0 Å². The van der Waals surface area contributed by atoms with Gasteiger partial charge in [0.15, 0.2) is 9.84 Å². The Morgan fingerprint density at radius 2 is 1.87 bits per heavy atom. The van der Waals surface area contributed by atoms with Crippen molar-refractivity contribution < 1.29 is 8.42 Å². The molecule has 1 rings (SSSR count). The predicted molar refractivity (Wildman–Crippen MR) is 63.9 cm³/mol. The van der Waals surface area contributed by atoms with Gasteiger partial charge in [-0.1, -0.05) is 0 Å². The molecule has 0 atom stereocenters. The van der Waals surface area contributed by atoms with Gasteiger partial charge >= 0.3 is 0 Å². The highest BCUT2D eigenvalue weighted by molar-refractivity contribution is 7.98. The minimum Gasteiger partial charge on any atom is -0.330 e. The van der Waals surface area contributed by atoms with Gasteiger partial charge in [0.25, 0.3) is 0 Å². The molecule has 0 aliphatic rings. The lowest BCUT2D eigenvalue weighted by molar-refractivity contribution is 0.593. The quantitative estimate of drug-likeness (QED) is 0.799. The van der Waals surface area contributed by atoms with Crippen molar-refractivity contribution in [3.05, 3.63) is 24.3 Å². The van der Waals surface area contributed by atoms with Gasteiger partial charge in [-0.2, -0.15) is 0 Å². The van der Waals surface area contributed by atoms with Crippen LogP contribution < -0.4 is 5.73 Å². The molecule has 0 unspecified atom stereocenters. The SMILES string of the molecule is CSc1ccc(S(=O)(=O)CCCN)cc1. The molecule has 0 spiro atoms. The fourth-order valence-electron chi connectivity index (χ4n) is 1.17. The van der Waals surface area contributed by atoms with E-state index in [1.165, 1.54) is 0 Å². The molecule has 15 heavy (non-hydrogen) atoms. The van der Waals surface area contributed by atoms with E-state index < -0.39 is 9.84 Å². The summed E-state index contributed by atoms with van der Waals surface area (Å²) in [5.41, 5.74) is 5.29. The molecule has 0 amide bonds. The molecule has 1 aromatic rings. The molecular weight excluding hydrogens is 230 g/mol. The Kier molecular flexibility index (Phi) is 4.63. The number of rotatable bonds is 5. The van der Waals surface area contributed by atoms with Crippen LogP contribution in [0.5, 0.6) is 0 Å². The van der Waals surface area contributed by atoms with Gasteiger partial charge in [0.2, 0.25) is 0 Å². The number of nitrogens with two attached hydrogens (primary N) is 1. The van der Waals surface area contributed by atoms with E-state index in [4.69, 9.17) is 5.73 Å². The Bertz CT molecular complexity index is 398. The molecule has 0 aromatic heterocycles. The standard InChI is InChI=1S/C10H15NO2S2/c1-14-9-3-5-10(6-4-9)15(12,13)8-2-7-11/h3-6H,2,7-8,11H2,1H3. The third-order valence-corrected chi connectivity index (χ3v) is 4.60. The van der Waals surface area contributed by atoms with Crippen LogP contribution in [0.4, 0.5) is 0 Å². The highest BCUT2D eigenvalue weighted by Gasteiger charge is 2.12. The summed E-state index contributed by atoms with van der Waals surface area (Å²) in [6, 6.07) is 6.94. The summed E-state index contributed by atoms with van der Waals surface area (Å²) in [5, 5.41) is 0. The van der Waals surface area contributed by atoms with Crippen molar-refractivity contribution >= 4 is 21.6 Å². The molecule has 3 nitrogen and oxygen atoms in total. The van der Waals surface area contributed by atoms with Crippen molar-refractivity contribution in [2.45, 2.75) is 16.2 Å². The van der Waals surface area contributed by atoms with Crippen molar-refractivity contribution in [1.29, 1.82) is 0 Å². The number of sulfone groups is 1. The zero-order valence-electron chi connectivity index (χ0n) is 8.64. The molecule has 0 saturated carbocycles. The highest BCUT2D eigenvalue weighted by Crippen LogP contribution is 2.18. The van der Waals surface area contributed by atoms with Gasteiger partial charge in [-0.05, 0) is 43.5 Å². The lowest BCUT2D eigenvalue weighted by Crippen LogP contribution is -2.11. The molecule has 0 fully saturated rings. The van der Waals surface area contributed by atoms with Gasteiger partial charge < -0.3 is 5.73 Å². The van der Waals surface area contributed by atoms with Gasteiger partial charge in [0, 0.05) is 4.90 Å². The summed E-state index contributed by atoms with van der Waals surface area (Å²) in [6.45, 7) is 0.405. The molecule has 0 aliphatic carbocycles. The van der Waals surface area contributed by atoms with Gasteiger partial charge in [-0.15, -0.1) is 11.8 Å². The van der Waals surface area contributed by atoms with Crippen LogP contribution in [-0.4, -0.2) is 27.0 Å². The van der Waals surface area contributed by atoms with Gasteiger partial charge in [-0.3, -0.25) is 0 Å². The second-order valence-corrected chi connectivity index (χ2v) is 6.13. The fraction of sp³-hybridized carbons (Fsp3) is 0.400. The van der Waals surface area contributed by atoms with E-state index in [1.807, 2.05) is 18.4 Å². The Hall–Kier alpha value is -0.520. The van der Waals surface area contributed by atoms with Crippen LogP contribution in [0.1, 0.15) is 6.42 Å². The summed E-state index contributed by atoms with van der Waals surface area (Å²) in [6.07, 6.45) is 2.46. The molecule has 0 heterocycles. The van der Waals surface area contributed by atoms with Gasteiger partial charge in [0.05, 0.1) is 10.6 Å². The van der Waals surface area contributed by atoms with Crippen molar-refractivity contribution in [3.63, 3.8) is 0 Å². The first-order valence-electron chi connectivity index (χ1n) is 4.67. The number of hydrogen-bond acceptors (Lipinski definition) is 4. The minimum atomic E-state index is -3.14. The Morgan fingerprint density at radius 3 is 2.33 bits per heavy atom. The van der Waals surface area contributed by atoms with E-state index in [0.717, 1.165) is 4.90 Å². The third kappa shape index (κ3) is 3.52. The van der Waals surface area contributed by atoms with E-state index in [0.29, 0.717) is 17.9 Å². The van der Waals surface area contributed by atoms with Crippen LogP contribution in [0.15, 0.2) is 34.1 Å². The van der Waals surface area contributed by atoms with Crippen molar-refractivity contribution in [2.24, 2.45) is 5.73 Å². The lowest BCUT2D eigenvalue weighted by Gasteiger charge is -2.04. The second-order valence-electron chi connectivity index (χ2n) is 3.14. The maximum Gasteiger partial charge on any atom is 0.178 e. The maximum atomic E-state index is 11.7. The average molecular weight is 245 g/mol. The molecule has 0 radical (unpaired) electrons. The monoisotopic (exact) mass is 245 g/mol. The van der Waals surface area contributed by atoms with Crippen LogP contribution in [-0.2, 0) is 9.84 Å². The number of hydrogen-bond donors (Lipinski definition) is 1. The molecule has 1 aromatic carbocycles. The second kappa shape index (κ2) is 5.53. The highest BCUT2D eigenvalue weighted by atomic mass is 32.2. The molecule has 0 aliphatic heterocycles. The molecule has 5 heteroatoms. The fourth-order valence-corrected chi connectivity index (χ4v) is 2.92. The van der Waals surface area contributed by atoms with Crippen molar-refractivity contribution in [1.82, 2.24) is 0 Å². The zero-order valence-corrected chi connectivity index (χ0v) is 10.3. The molecule has 0 saturated heterocycles. The molecule has 84 valence electrons. The third-order valence-electron chi connectivity index (χ3n) is 2.04. The number of benzene rings is 1. The topological polar surface area (TPSA) is 60.2 Å². The molecular formula is C10H15NO2S2. The molecule has 0 bridgehead atoms. The van der Waals surface area contributed by atoms with Crippen LogP contribution in [0, 0.1) is 0 Å². The largest absolute Gasteiger partial charge is 0.330 e. The smallest absolute Gasteiger partial charge is 0.178 e. The van der Waals surface area contributed by atoms with Crippen LogP contribution in [0.2, 0.25) is 0 Å². The lowest BCUT2D eigenvalue weighted by atomic mass is 10.4. The minimum absolute atomic E-state index is 0.127. The van der Waals surface area contributed by atoms with Crippen molar-refractivity contribution in [3.8, 4) is 0 Å². The summed E-state index contributed by atoms with van der Waals surface area (Å²) < 4.78 is 23.5. The molecule has 2 N–H and O–H groups in total. The van der Waals surface area contributed by atoms with Gasteiger partial charge in [0.1, 0.15) is 0 Å². The zero-order chi connectivity index (χ0) is 11.3. The van der Waals surface area contributed by atoms with E-state index in [-0.39, 0.29) is 5.75 Å². The van der Waals surface area contributed by atoms with Crippen LogP contribution >= 0.6 is 11.8 Å². The Morgan fingerprint density at radius 1 is 1.27 bits per heavy atom. The van der Waals surface area contributed by atoms with E-state index in [1.54, 1.807) is 23.9 Å². The summed E-state index contributed by atoms with van der Waals surface area (Å²) in [4.78, 5) is 1.45. The Balaban J connectivity index is 2.86. The van der Waals surface area contributed by atoms with Crippen molar-refractivity contribution in [2.75, 3.05) is 18.6 Å². The first kappa shape index (κ1) is 12.5. The summed E-state index contributed by atoms with van der Waals surface area (Å²) in [7, 11) is -3.14. The van der Waals surface area contributed by atoms with E-state index in [2.05, 4.69) is 0 Å². The van der Waals surface area contributed by atoms with Crippen LogP contribution in [0.3, 0.4) is 0 Å². The first-order valence-corrected chi connectivity index (χ1v) is 7.55. The maximum absolute atomic E-state index is 11.7. The summed E-state index contributed by atoms with van der Waals surface area (Å²) >= 11 is 1.59. The van der Waals surface area contributed by atoms with E-state index >= 15 is 0 Å². The van der Waals surface area contributed by atoms with Crippen LogP contribution in [0.25, 0.3) is 0 Å². The van der Waals surface area contributed by atoms with Gasteiger partial charge in [-0.25, -0.2) is 8.42 Å². The first-order chi connectivity index (χ1) is 7.10. The average Bonchev–Trinajstić information content (AvgIpc) is 2.26. The van der Waals surface area contributed by atoms with E-state index in [9.17, 15) is 8.42 Å². The predicted octanol–water partition coefficient (Wildman–Crippen LogP) is 1.53.